The lowest BCUT2D eigenvalue weighted by molar-refractivity contribution is -0.122. The summed E-state index contributed by atoms with van der Waals surface area (Å²) in [6.07, 6.45) is -0.677. The first-order chi connectivity index (χ1) is 15.2. The number of carbonyl (C=O) groups excluding carboxylic acids is 3. The quantitative estimate of drug-likeness (QED) is 0.497. The third-order valence-electron chi connectivity index (χ3n) is 5.37. The van der Waals surface area contributed by atoms with Gasteiger partial charge in [-0.1, -0.05) is 24.3 Å². The second kappa shape index (κ2) is 7.03. The van der Waals surface area contributed by atoms with E-state index >= 15 is 0 Å². The van der Waals surface area contributed by atoms with Crippen molar-refractivity contribution in [3.8, 4) is 5.75 Å². The molecule has 0 saturated heterocycles. The monoisotopic (exact) mass is 448 g/mol. The van der Waals surface area contributed by atoms with Gasteiger partial charge in [0.1, 0.15) is 5.75 Å². The van der Waals surface area contributed by atoms with Crippen molar-refractivity contribution in [1.82, 2.24) is 0 Å². The molecule has 8 nitrogen and oxygen atoms in total. The van der Waals surface area contributed by atoms with Gasteiger partial charge in [-0.25, -0.2) is 8.42 Å². The summed E-state index contributed by atoms with van der Waals surface area (Å²) in [6.45, 7) is 1.59. The molecular weight excluding hydrogens is 432 g/mol. The molecule has 160 valence electrons. The molecule has 1 unspecified atom stereocenters. The van der Waals surface area contributed by atoms with Crippen LogP contribution in [0.5, 0.6) is 5.75 Å². The zero-order chi connectivity index (χ0) is 22.6. The highest BCUT2D eigenvalue weighted by Crippen LogP contribution is 2.33. The first-order valence-electron chi connectivity index (χ1n) is 9.71. The molecule has 1 heterocycles. The van der Waals surface area contributed by atoms with Gasteiger partial charge in [-0.05, 0) is 43.3 Å². The number of hydrogen-bond donors (Lipinski definition) is 2. The Hall–Kier alpha value is -3.98. The number of anilines is 2. The number of amides is 1. The molecule has 2 N–H and O–H groups in total. The largest absolute Gasteiger partial charge is 0.479 e. The SMILES string of the molecule is CC1Oc2ccc(S(=O)(=O)Nc3ccc4c(c3)C(=O)c3ccccc3C4=O)cc2NC1=O. The van der Waals surface area contributed by atoms with Crippen molar-refractivity contribution >= 4 is 38.9 Å². The maximum Gasteiger partial charge on any atom is 0.265 e. The highest BCUT2D eigenvalue weighted by molar-refractivity contribution is 7.92. The fourth-order valence-corrected chi connectivity index (χ4v) is 4.81. The Bertz CT molecular complexity index is 1440. The number of hydrogen-bond acceptors (Lipinski definition) is 6. The van der Waals surface area contributed by atoms with Gasteiger partial charge in [0, 0.05) is 27.9 Å². The van der Waals surface area contributed by atoms with Crippen molar-refractivity contribution in [1.29, 1.82) is 0 Å². The molecule has 1 atom stereocenters. The molecule has 3 aromatic carbocycles. The lowest BCUT2D eigenvalue weighted by Crippen LogP contribution is -2.34. The smallest absolute Gasteiger partial charge is 0.265 e. The van der Waals surface area contributed by atoms with Crippen LogP contribution in [0.15, 0.2) is 65.6 Å². The maximum atomic E-state index is 12.9. The summed E-state index contributed by atoms with van der Waals surface area (Å²) in [7, 11) is -4.05. The molecule has 0 aromatic heterocycles. The lowest BCUT2D eigenvalue weighted by atomic mass is 9.84. The zero-order valence-electron chi connectivity index (χ0n) is 16.7. The molecule has 0 saturated carbocycles. The maximum absolute atomic E-state index is 12.9. The minimum Gasteiger partial charge on any atom is -0.479 e. The number of carbonyl (C=O) groups is 3. The van der Waals surface area contributed by atoms with E-state index in [1.54, 1.807) is 31.2 Å². The van der Waals surface area contributed by atoms with Crippen molar-refractivity contribution in [2.24, 2.45) is 0 Å². The number of benzene rings is 3. The highest BCUT2D eigenvalue weighted by atomic mass is 32.2. The van der Waals surface area contributed by atoms with Crippen LogP contribution in [0.3, 0.4) is 0 Å². The Kier molecular flexibility index (Phi) is 4.38. The fourth-order valence-electron chi connectivity index (χ4n) is 3.73. The van der Waals surface area contributed by atoms with Gasteiger partial charge in [0.15, 0.2) is 17.7 Å². The topological polar surface area (TPSA) is 119 Å². The van der Waals surface area contributed by atoms with Crippen LogP contribution in [0.4, 0.5) is 11.4 Å². The van der Waals surface area contributed by atoms with Crippen LogP contribution in [0.2, 0.25) is 0 Å². The van der Waals surface area contributed by atoms with E-state index in [0.29, 0.717) is 11.3 Å². The number of rotatable bonds is 3. The number of fused-ring (bicyclic) bond motifs is 3. The number of ketones is 2. The summed E-state index contributed by atoms with van der Waals surface area (Å²) in [4.78, 5) is 37.3. The minimum atomic E-state index is -4.05. The second-order valence-electron chi connectivity index (χ2n) is 7.48. The van der Waals surface area contributed by atoms with Gasteiger partial charge in [-0.15, -0.1) is 0 Å². The molecule has 0 spiro atoms. The standard InChI is InChI=1S/C23H16N2O6S/c1-12-23(28)24-19-11-14(7-9-20(19)31-12)32(29,30)25-13-6-8-17-18(10-13)22(27)16-5-3-2-4-15(16)21(17)26/h2-12,25H,1H3,(H,24,28). The van der Waals surface area contributed by atoms with E-state index in [1.807, 2.05) is 0 Å². The van der Waals surface area contributed by atoms with Crippen LogP contribution in [0.25, 0.3) is 0 Å². The van der Waals surface area contributed by atoms with Crippen LogP contribution >= 0.6 is 0 Å². The molecule has 0 bridgehead atoms. The van der Waals surface area contributed by atoms with Gasteiger partial charge in [0.25, 0.3) is 15.9 Å². The van der Waals surface area contributed by atoms with Crippen molar-refractivity contribution in [2.45, 2.75) is 17.9 Å². The molecule has 1 amide bonds. The molecule has 32 heavy (non-hydrogen) atoms. The van der Waals surface area contributed by atoms with E-state index in [-0.39, 0.29) is 50.4 Å². The Morgan fingerprint density at radius 1 is 0.844 bits per heavy atom. The minimum absolute atomic E-state index is 0.0971. The van der Waals surface area contributed by atoms with E-state index in [4.69, 9.17) is 4.74 Å². The number of nitrogens with one attached hydrogen (secondary N) is 2. The Balaban J connectivity index is 1.47. The van der Waals surface area contributed by atoms with Crippen LogP contribution in [0.1, 0.15) is 38.8 Å². The molecule has 0 fully saturated rings. The second-order valence-corrected chi connectivity index (χ2v) is 9.16. The van der Waals surface area contributed by atoms with Crippen molar-refractivity contribution in [2.75, 3.05) is 10.0 Å². The molecule has 5 rings (SSSR count). The molecule has 9 heteroatoms. The summed E-state index contributed by atoms with van der Waals surface area (Å²) in [5, 5.41) is 2.61. The molecular formula is C23H16N2O6S. The van der Waals surface area contributed by atoms with Gasteiger partial charge < -0.3 is 10.1 Å². The highest BCUT2D eigenvalue weighted by Gasteiger charge is 2.30. The van der Waals surface area contributed by atoms with E-state index in [9.17, 15) is 22.8 Å². The number of sulfonamides is 1. The van der Waals surface area contributed by atoms with E-state index in [2.05, 4.69) is 10.0 Å². The summed E-state index contributed by atoms with van der Waals surface area (Å²) in [5.41, 5.74) is 1.35. The first-order valence-corrected chi connectivity index (χ1v) is 11.2. The Morgan fingerprint density at radius 3 is 2.22 bits per heavy atom. The molecule has 2 aliphatic rings. The predicted molar refractivity (Wildman–Crippen MR) is 116 cm³/mol. The van der Waals surface area contributed by atoms with E-state index in [0.717, 1.165) is 0 Å². The third-order valence-corrected chi connectivity index (χ3v) is 6.75. The van der Waals surface area contributed by atoms with Crippen LogP contribution in [-0.2, 0) is 14.8 Å². The Labute approximate surface area is 183 Å². The zero-order valence-corrected chi connectivity index (χ0v) is 17.5. The average Bonchev–Trinajstić information content (AvgIpc) is 2.77. The number of ether oxygens (including phenoxy) is 1. The van der Waals surface area contributed by atoms with Gasteiger partial charge >= 0.3 is 0 Å². The van der Waals surface area contributed by atoms with E-state index < -0.39 is 16.1 Å². The summed E-state index contributed by atoms with van der Waals surface area (Å²) < 4.78 is 33.7. The molecule has 3 aromatic rings. The van der Waals surface area contributed by atoms with Crippen LogP contribution < -0.4 is 14.8 Å². The molecule has 0 radical (unpaired) electrons. The van der Waals surface area contributed by atoms with Gasteiger partial charge in [0.05, 0.1) is 10.6 Å². The normalized spacial score (nSPS) is 16.9. The van der Waals surface area contributed by atoms with Crippen LogP contribution in [0, 0.1) is 0 Å². The summed E-state index contributed by atoms with van der Waals surface area (Å²) in [5.74, 6) is -0.644. The lowest BCUT2D eigenvalue weighted by Gasteiger charge is -2.23. The molecule has 1 aliphatic carbocycles. The van der Waals surface area contributed by atoms with Crippen molar-refractivity contribution < 1.29 is 27.5 Å². The molecule has 1 aliphatic heterocycles. The van der Waals surface area contributed by atoms with Gasteiger partial charge in [-0.2, -0.15) is 0 Å². The van der Waals surface area contributed by atoms with Gasteiger partial charge in [0.2, 0.25) is 0 Å². The fraction of sp³-hybridized carbons (Fsp3) is 0.0870. The first kappa shape index (κ1) is 20.0. The van der Waals surface area contributed by atoms with Gasteiger partial charge in [-0.3, -0.25) is 19.1 Å². The Morgan fingerprint density at radius 2 is 1.50 bits per heavy atom. The third kappa shape index (κ3) is 3.14. The van der Waals surface area contributed by atoms with E-state index in [1.165, 1.54) is 36.4 Å². The average molecular weight is 448 g/mol. The predicted octanol–water partition coefficient (Wildman–Crippen LogP) is 2.98. The summed E-state index contributed by atoms with van der Waals surface area (Å²) in [6, 6.07) is 14.9. The summed E-state index contributed by atoms with van der Waals surface area (Å²) >= 11 is 0. The van der Waals surface area contributed by atoms with Crippen molar-refractivity contribution in [3.63, 3.8) is 0 Å². The van der Waals surface area contributed by atoms with Crippen LogP contribution in [-0.4, -0.2) is 32.0 Å². The van der Waals surface area contributed by atoms with Crippen molar-refractivity contribution in [3.05, 3.63) is 82.9 Å².